The van der Waals surface area contributed by atoms with E-state index in [0.29, 0.717) is 18.1 Å². The maximum Gasteiger partial charge on any atom is 0.245 e. The summed E-state index contributed by atoms with van der Waals surface area (Å²) in [5.74, 6) is 1.12. The van der Waals surface area contributed by atoms with E-state index < -0.39 is 0 Å². The molecule has 5 heterocycles. The van der Waals surface area contributed by atoms with Crippen LogP contribution in [0.25, 0.3) is 22.0 Å². The largest absolute Gasteiger partial charge is 0.347 e. The molecule has 2 bridgehead atoms. The van der Waals surface area contributed by atoms with E-state index in [1.165, 1.54) is 24.6 Å². The van der Waals surface area contributed by atoms with Gasteiger partial charge >= 0.3 is 0 Å². The van der Waals surface area contributed by atoms with Crippen molar-refractivity contribution in [2.45, 2.75) is 64.1 Å². The lowest BCUT2D eigenvalue weighted by atomic mass is 9.60. The topological polar surface area (TPSA) is 73.3 Å². The summed E-state index contributed by atoms with van der Waals surface area (Å²) in [5, 5.41) is 14.8. The highest BCUT2D eigenvalue weighted by Gasteiger charge is 2.54. The molecule has 1 N–H and O–H groups in total. The number of likely N-dealkylation sites (N-methyl/N-ethyl adjacent to an activating group) is 1. The smallest absolute Gasteiger partial charge is 0.245 e. The molecule has 0 radical (unpaired) electrons. The summed E-state index contributed by atoms with van der Waals surface area (Å²) < 4.78 is 2.28. The molecule has 2 atom stereocenters. The molecular weight excluding hydrogens is 498 g/mol. The van der Waals surface area contributed by atoms with Gasteiger partial charge in [-0.25, -0.2) is 0 Å². The molecule has 1 amide bonds. The van der Waals surface area contributed by atoms with Gasteiger partial charge in [0.05, 0.1) is 22.8 Å². The Labute approximate surface area is 228 Å². The average Bonchev–Trinajstić information content (AvgIpc) is 3.51. The summed E-state index contributed by atoms with van der Waals surface area (Å²) in [7, 11) is 2.24. The summed E-state index contributed by atoms with van der Waals surface area (Å²) in [6.07, 6.45) is 8.99. The maximum absolute atomic E-state index is 12.0. The maximum atomic E-state index is 12.0. The van der Waals surface area contributed by atoms with E-state index in [2.05, 4.69) is 58.2 Å². The number of rotatable bonds is 4. The highest BCUT2D eigenvalue weighted by molar-refractivity contribution is 6.36. The van der Waals surface area contributed by atoms with Gasteiger partial charge in [-0.2, -0.15) is 10.2 Å². The third-order valence-electron chi connectivity index (χ3n) is 9.70. The second-order valence-electron chi connectivity index (χ2n) is 12.2. The number of aromatic nitrogens is 4. The molecule has 3 aromatic rings. The first-order chi connectivity index (χ1) is 18.3. The normalized spacial score (nSPS) is 25.1. The minimum absolute atomic E-state index is 0.0405. The first kappa shape index (κ1) is 24.2. The minimum atomic E-state index is 0.0405. The number of halogens is 1. The van der Waals surface area contributed by atoms with Crippen molar-refractivity contribution in [1.29, 1.82) is 0 Å². The molecule has 38 heavy (non-hydrogen) atoms. The minimum Gasteiger partial charge on any atom is -0.347 e. The van der Waals surface area contributed by atoms with Crippen LogP contribution in [-0.2, 0) is 4.79 Å². The van der Waals surface area contributed by atoms with E-state index >= 15 is 0 Å². The van der Waals surface area contributed by atoms with E-state index in [4.69, 9.17) is 16.7 Å². The monoisotopic (exact) mass is 533 g/mol. The third kappa shape index (κ3) is 3.49. The van der Waals surface area contributed by atoms with Crippen LogP contribution in [0.4, 0.5) is 5.82 Å². The lowest BCUT2D eigenvalue weighted by molar-refractivity contribution is -0.149. The van der Waals surface area contributed by atoms with Crippen molar-refractivity contribution in [1.82, 2.24) is 29.8 Å². The zero-order valence-electron chi connectivity index (χ0n) is 22.5. The Balaban J connectivity index is 1.32. The van der Waals surface area contributed by atoms with Gasteiger partial charge in [0.25, 0.3) is 0 Å². The lowest BCUT2D eigenvalue weighted by Gasteiger charge is -2.58. The van der Waals surface area contributed by atoms with E-state index in [9.17, 15) is 4.79 Å². The third-order valence-corrected chi connectivity index (χ3v) is 10.2. The molecule has 3 aliphatic heterocycles. The SMILES string of the molecule is C=CC(=O)N1CC2(CC(n3nc(N4[C@H]5CC[C@@H]4CN(C)CC5)c(-c4c(Cl)c(C)cc5[nH]ncc45)c3C)C2)C1. The van der Waals surface area contributed by atoms with E-state index in [-0.39, 0.29) is 11.3 Å². The fourth-order valence-corrected chi connectivity index (χ4v) is 8.04. The van der Waals surface area contributed by atoms with Crippen LogP contribution < -0.4 is 4.90 Å². The van der Waals surface area contributed by atoms with Crippen molar-refractivity contribution in [2.75, 3.05) is 38.1 Å². The Morgan fingerprint density at radius 2 is 1.92 bits per heavy atom. The number of likely N-dealkylation sites (tertiary alicyclic amines) is 2. The molecule has 1 aromatic carbocycles. The van der Waals surface area contributed by atoms with Crippen LogP contribution in [0, 0.1) is 19.3 Å². The molecule has 7 rings (SSSR count). The molecule has 4 aliphatic rings. The van der Waals surface area contributed by atoms with Gasteiger partial charge in [-0.15, -0.1) is 0 Å². The molecule has 2 aromatic heterocycles. The van der Waals surface area contributed by atoms with Gasteiger partial charge in [-0.3, -0.25) is 14.6 Å². The van der Waals surface area contributed by atoms with Crippen LogP contribution in [-0.4, -0.2) is 81.0 Å². The number of benzene rings is 1. The van der Waals surface area contributed by atoms with Gasteiger partial charge < -0.3 is 14.7 Å². The van der Waals surface area contributed by atoms with Gasteiger partial charge in [-0.1, -0.05) is 18.2 Å². The van der Waals surface area contributed by atoms with Crippen LogP contribution >= 0.6 is 11.6 Å². The summed E-state index contributed by atoms with van der Waals surface area (Å²) in [6.45, 7) is 11.8. The molecule has 0 unspecified atom stereocenters. The zero-order valence-corrected chi connectivity index (χ0v) is 23.3. The average molecular weight is 534 g/mol. The second kappa shape index (κ2) is 8.58. The summed E-state index contributed by atoms with van der Waals surface area (Å²) in [5.41, 5.74) is 5.65. The van der Waals surface area contributed by atoms with Crippen molar-refractivity contribution < 1.29 is 4.79 Å². The number of anilines is 1. The summed E-state index contributed by atoms with van der Waals surface area (Å²) in [6, 6.07) is 3.36. The Kier molecular flexibility index (Phi) is 5.47. The zero-order chi connectivity index (χ0) is 26.3. The molecule has 8 nitrogen and oxygen atoms in total. The number of amides is 1. The number of hydrogen-bond donors (Lipinski definition) is 1. The van der Waals surface area contributed by atoms with Crippen LogP contribution in [0.5, 0.6) is 0 Å². The number of nitrogens with zero attached hydrogens (tertiary/aromatic N) is 6. The highest BCUT2D eigenvalue weighted by atomic mass is 35.5. The van der Waals surface area contributed by atoms with E-state index in [1.54, 1.807) is 0 Å². The molecule has 200 valence electrons. The molecule has 1 saturated carbocycles. The first-order valence-electron chi connectivity index (χ1n) is 13.9. The van der Waals surface area contributed by atoms with Crippen LogP contribution in [0.3, 0.4) is 0 Å². The van der Waals surface area contributed by atoms with Gasteiger partial charge in [-0.05, 0) is 77.2 Å². The molecule has 1 aliphatic carbocycles. The number of nitrogens with one attached hydrogen (secondary N) is 1. The number of fused-ring (bicyclic) bond motifs is 3. The number of carbonyl (C=O) groups is 1. The number of carbonyl (C=O) groups excluding carboxylic acids is 1. The van der Waals surface area contributed by atoms with Crippen molar-refractivity contribution in [2.24, 2.45) is 5.41 Å². The Hall–Kier alpha value is -2.84. The fraction of sp³-hybridized carbons (Fsp3) is 0.552. The number of aryl methyl sites for hydroxylation is 1. The van der Waals surface area contributed by atoms with Gasteiger partial charge in [0, 0.05) is 59.3 Å². The Morgan fingerprint density at radius 3 is 2.68 bits per heavy atom. The Morgan fingerprint density at radius 1 is 1.16 bits per heavy atom. The van der Waals surface area contributed by atoms with E-state index in [0.717, 1.165) is 83.9 Å². The fourth-order valence-electron chi connectivity index (χ4n) is 7.79. The molecule has 4 fully saturated rings. The molecule has 9 heteroatoms. The van der Waals surface area contributed by atoms with E-state index in [1.807, 2.05) is 11.1 Å². The van der Waals surface area contributed by atoms with Crippen molar-refractivity contribution in [3.05, 3.63) is 41.2 Å². The van der Waals surface area contributed by atoms with Crippen LogP contribution in [0.2, 0.25) is 5.02 Å². The molecular formula is C29H36ClN7O. The predicted octanol–water partition coefficient (Wildman–Crippen LogP) is 4.72. The van der Waals surface area contributed by atoms with Crippen LogP contribution in [0.1, 0.15) is 49.4 Å². The quantitative estimate of drug-likeness (QED) is 0.491. The molecule has 3 saturated heterocycles. The number of hydrogen-bond acceptors (Lipinski definition) is 5. The molecule has 1 spiro atoms. The van der Waals surface area contributed by atoms with Gasteiger partial charge in [0.2, 0.25) is 5.91 Å². The number of H-pyrrole nitrogens is 1. The number of aromatic amines is 1. The van der Waals surface area contributed by atoms with Gasteiger partial charge in [0.1, 0.15) is 0 Å². The van der Waals surface area contributed by atoms with Crippen molar-refractivity contribution in [3.8, 4) is 11.1 Å². The predicted molar refractivity (Wildman–Crippen MR) is 151 cm³/mol. The highest BCUT2D eigenvalue weighted by Crippen LogP contribution is 2.56. The summed E-state index contributed by atoms with van der Waals surface area (Å²) >= 11 is 7.11. The Bertz CT molecular complexity index is 1440. The first-order valence-corrected chi connectivity index (χ1v) is 14.3. The standard InChI is InChI=1S/C29H36ClN7O/c1-5-24(38)35-15-29(16-35)11-21(12-29)37-18(3)25(26-22-13-31-32-23(22)10-17(2)27(26)30)28(33-37)36-19-6-7-20(36)14-34(4)9-8-19/h5,10,13,19-21H,1,6-9,11-12,14-16H2,2-4H3,(H,31,32)/t19-,20+/m0/s1. The van der Waals surface area contributed by atoms with Gasteiger partial charge in [0.15, 0.2) is 5.82 Å². The lowest BCUT2D eigenvalue weighted by Crippen LogP contribution is -2.63. The summed E-state index contributed by atoms with van der Waals surface area (Å²) in [4.78, 5) is 19.0. The van der Waals surface area contributed by atoms with Crippen LogP contribution in [0.15, 0.2) is 24.9 Å². The van der Waals surface area contributed by atoms with Crippen molar-refractivity contribution >= 4 is 34.2 Å². The van der Waals surface area contributed by atoms with Crippen molar-refractivity contribution in [3.63, 3.8) is 0 Å². The second-order valence-corrected chi connectivity index (χ2v) is 12.6.